The fraction of sp³-hybridized carbons (Fsp3) is 0.214. The van der Waals surface area contributed by atoms with Crippen LogP contribution in [0, 0.1) is 0 Å². The van der Waals surface area contributed by atoms with Gasteiger partial charge in [0.05, 0.1) is 0 Å². The maximum atomic E-state index is 11.7. The number of hydrogen-bond acceptors (Lipinski definition) is 4. The quantitative estimate of drug-likeness (QED) is 0.416. The molecule has 6 nitrogen and oxygen atoms in total. The predicted molar refractivity (Wildman–Crippen MR) is 74.2 cm³/mol. The molecule has 0 radical (unpaired) electrons. The van der Waals surface area contributed by atoms with E-state index in [9.17, 15) is 14.4 Å². The Balaban J connectivity index is 1.92. The highest BCUT2D eigenvalue weighted by Gasteiger charge is 2.27. The van der Waals surface area contributed by atoms with Gasteiger partial charge in [0.2, 0.25) is 17.7 Å². The highest BCUT2D eigenvalue weighted by Crippen LogP contribution is 2.08. The summed E-state index contributed by atoms with van der Waals surface area (Å²) in [4.78, 5) is 34.2. The van der Waals surface area contributed by atoms with Gasteiger partial charge < -0.3 is 11.1 Å². The Kier molecular flexibility index (Phi) is 4.14. The highest BCUT2D eigenvalue weighted by molar-refractivity contribution is 6.03. The fourth-order valence-electron chi connectivity index (χ4n) is 1.89. The lowest BCUT2D eigenvalue weighted by atomic mass is 10.1. The van der Waals surface area contributed by atoms with Gasteiger partial charge in [-0.15, -0.1) is 0 Å². The summed E-state index contributed by atoms with van der Waals surface area (Å²) < 4.78 is 0. The Morgan fingerprint density at radius 2 is 2.20 bits per heavy atom. The maximum absolute atomic E-state index is 11.7. The molecule has 0 saturated carbocycles. The van der Waals surface area contributed by atoms with Crippen molar-refractivity contribution < 1.29 is 14.4 Å². The first kappa shape index (κ1) is 13.8. The predicted octanol–water partition coefficient (Wildman–Crippen LogP) is 0.203. The zero-order chi connectivity index (χ0) is 14.5. The van der Waals surface area contributed by atoms with Crippen LogP contribution in [0.15, 0.2) is 30.3 Å². The van der Waals surface area contributed by atoms with Crippen LogP contribution in [0.25, 0.3) is 6.08 Å². The van der Waals surface area contributed by atoms with E-state index in [0.29, 0.717) is 12.1 Å². The summed E-state index contributed by atoms with van der Waals surface area (Å²) in [6.45, 7) is 0. The minimum atomic E-state index is -0.661. The number of anilines is 1. The molecule has 104 valence electrons. The van der Waals surface area contributed by atoms with E-state index in [1.165, 1.54) is 6.08 Å². The van der Waals surface area contributed by atoms with E-state index < -0.39 is 11.9 Å². The van der Waals surface area contributed by atoms with Crippen LogP contribution in [0.3, 0.4) is 0 Å². The van der Waals surface area contributed by atoms with E-state index >= 15 is 0 Å². The van der Waals surface area contributed by atoms with Crippen LogP contribution in [0.1, 0.15) is 18.4 Å². The van der Waals surface area contributed by atoms with Crippen LogP contribution < -0.4 is 16.4 Å². The number of benzene rings is 1. The zero-order valence-electron chi connectivity index (χ0n) is 10.8. The minimum absolute atomic E-state index is 0.232. The molecular formula is C14H15N3O3. The second kappa shape index (κ2) is 6.01. The van der Waals surface area contributed by atoms with Crippen molar-refractivity contribution in [2.24, 2.45) is 0 Å². The molecule has 1 saturated heterocycles. The molecule has 1 atom stereocenters. The smallest absolute Gasteiger partial charge is 0.249 e. The van der Waals surface area contributed by atoms with Crippen molar-refractivity contribution in [1.29, 1.82) is 0 Å². The van der Waals surface area contributed by atoms with Crippen LogP contribution >= 0.6 is 0 Å². The van der Waals surface area contributed by atoms with E-state index in [1.54, 1.807) is 24.3 Å². The lowest BCUT2D eigenvalue weighted by Gasteiger charge is -2.20. The van der Waals surface area contributed by atoms with Crippen molar-refractivity contribution >= 4 is 29.5 Å². The van der Waals surface area contributed by atoms with Crippen molar-refractivity contribution in [2.75, 3.05) is 5.73 Å². The lowest BCUT2D eigenvalue weighted by Crippen LogP contribution is -2.51. The molecule has 1 unspecified atom stereocenters. The molecule has 1 aliphatic heterocycles. The van der Waals surface area contributed by atoms with Crippen molar-refractivity contribution in [3.05, 3.63) is 35.9 Å². The van der Waals surface area contributed by atoms with E-state index in [0.717, 1.165) is 5.56 Å². The van der Waals surface area contributed by atoms with Gasteiger partial charge in [-0.05, 0) is 30.2 Å². The Bertz CT molecular complexity index is 581. The molecule has 3 amide bonds. The molecule has 0 aliphatic carbocycles. The molecule has 4 N–H and O–H groups in total. The molecule has 1 heterocycles. The van der Waals surface area contributed by atoms with Gasteiger partial charge in [-0.25, -0.2) is 0 Å². The van der Waals surface area contributed by atoms with Crippen LogP contribution in [0.4, 0.5) is 5.69 Å². The fourth-order valence-corrected chi connectivity index (χ4v) is 1.89. The van der Waals surface area contributed by atoms with Crippen LogP contribution in [-0.4, -0.2) is 23.8 Å². The molecule has 0 spiro atoms. The normalized spacial score (nSPS) is 18.9. The molecule has 2 rings (SSSR count). The summed E-state index contributed by atoms with van der Waals surface area (Å²) in [6, 6.07) is 6.42. The maximum Gasteiger partial charge on any atom is 0.249 e. The van der Waals surface area contributed by atoms with Crippen LogP contribution in [0.2, 0.25) is 0 Å². The highest BCUT2D eigenvalue weighted by atomic mass is 16.2. The van der Waals surface area contributed by atoms with Crippen molar-refractivity contribution in [2.45, 2.75) is 18.9 Å². The van der Waals surface area contributed by atoms with E-state index in [4.69, 9.17) is 5.73 Å². The number of nitrogens with one attached hydrogen (secondary N) is 2. The molecule has 1 fully saturated rings. The summed E-state index contributed by atoms with van der Waals surface area (Å²) >= 11 is 0. The third kappa shape index (κ3) is 3.68. The Morgan fingerprint density at radius 3 is 2.90 bits per heavy atom. The first-order valence-electron chi connectivity index (χ1n) is 6.22. The lowest BCUT2D eigenvalue weighted by molar-refractivity contribution is -0.136. The molecule has 1 aromatic carbocycles. The van der Waals surface area contributed by atoms with Crippen molar-refractivity contribution in [3.8, 4) is 0 Å². The summed E-state index contributed by atoms with van der Waals surface area (Å²) in [7, 11) is 0. The van der Waals surface area contributed by atoms with Gasteiger partial charge >= 0.3 is 0 Å². The first-order chi connectivity index (χ1) is 9.54. The van der Waals surface area contributed by atoms with Crippen LogP contribution in [0.5, 0.6) is 0 Å². The van der Waals surface area contributed by atoms with Crippen molar-refractivity contribution in [1.82, 2.24) is 10.6 Å². The number of nitrogen functional groups attached to an aromatic ring is 1. The summed E-state index contributed by atoms with van der Waals surface area (Å²) in [5, 5.41) is 4.74. The van der Waals surface area contributed by atoms with Gasteiger partial charge in [0.15, 0.2) is 0 Å². The molecule has 20 heavy (non-hydrogen) atoms. The number of piperidine rings is 1. The molecule has 0 bridgehead atoms. The third-order valence-corrected chi connectivity index (χ3v) is 2.89. The number of rotatable bonds is 3. The summed E-state index contributed by atoms with van der Waals surface area (Å²) in [5.41, 5.74) is 7.03. The van der Waals surface area contributed by atoms with Gasteiger partial charge in [-0.1, -0.05) is 12.1 Å². The molecule has 6 heteroatoms. The van der Waals surface area contributed by atoms with E-state index in [-0.39, 0.29) is 18.2 Å². The average molecular weight is 273 g/mol. The Morgan fingerprint density at radius 1 is 1.40 bits per heavy atom. The van der Waals surface area contributed by atoms with Crippen molar-refractivity contribution in [3.63, 3.8) is 0 Å². The van der Waals surface area contributed by atoms with Gasteiger partial charge in [0.1, 0.15) is 6.04 Å². The standard InChI is InChI=1S/C14H15N3O3/c15-10-3-1-2-9(8-10)4-6-12(18)16-11-5-7-13(19)17-14(11)20/h1-4,6,8,11H,5,7,15H2,(H,16,18)(H,17,19,20)/b6-4+. The number of amides is 3. The molecular weight excluding hydrogens is 258 g/mol. The molecule has 0 aromatic heterocycles. The second-order valence-corrected chi connectivity index (χ2v) is 4.52. The first-order valence-corrected chi connectivity index (χ1v) is 6.22. The number of hydrogen-bond donors (Lipinski definition) is 3. The zero-order valence-corrected chi connectivity index (χ0v) is 10.8. The van der Waals surface area contributed by atoms with Gasteiger partial charge in [-0.2, -0.15) is 0 Å². The summed E-state index contributed by atoms with van der Waals surface area (Å²) in [5.74, 6) is -1.16. The number of imide groups is 1. The number of carbonyl (C=O) groups is 3. The van der Waals surface area contributed by atoms with E-state index in [1.807, 2.05) is 6.07 Å². The Labute approximate surface area is 116 Å². The van der Waals surface area contributed by atoms with E-state index in [2.05, 4.69) is 10.6 Å². The molecule has 1 aromatic rings. The van der Waals surface area contributed by atoms with Gasteiger partial charge in [0.25, 0.3) is 0 Å². The Hall–Kier alpha value is -2.63. The number of nitrogens with two attached hydrogens (primary N) is 1. The molecule has 1 aliphatic rings. The largest absolute Gasteiger partial charge is 0.399 e. The SMILES string of the molecule is Nc1cccc(/C=C/C(=O)NC2CCC(=O)NC2=O)c1. The minimum Gasteiger partial charge on any atom is -0.399 e. The second-order valence-electron chi connectivity index (χ2n) is 4.52. The van der Waals surface area contributed by atoms with Gasteiger partial charge in [-0.3, -0.25) is 19.7 Å². The topological polar surface area (TPSA) is 101 Å². The monoisotopic (exact) mass is 273 g/mol. The average Bonchev–Trinajstić information content (AvgIpc) is 2.40. The van der Waals surface area contributed by atoms with Gasteiger partial charge in [0, 0.05) is 18.2 Å². The van der Waals surface area contributed by atoms with Crippen LogP contribution in [-0.2, 0) is 14.4 Å². The number of carbonyl (C=O) groups excluding carboxylic acids is 3. The summed E-state index contributed by atoms with van der Waals surface area (Å²) in [6.07, 6.45) is 3.49. The third-order valence-electron chi connectivity index (χ3n) is 2.89.